The molecule has 9 heteroatoms. The maximum Gasteiger partial charge on any atom is 0.276 e. The van der Waals surface area contributed by atoms with Crippen LogP contribution in [0.1, 0.15) is 22.6 Å². The number of nitrogens with one attached hydrogen (secondary N) is 1. The normalized spacial score (nSPS) is 17.0. The Morgan fingerprint density at radius 1 is 1.44 bits per heavy atom. The average molecular weight is 374 g/mol. The van der Waals surface area contributed by atoms with Crippen molar-refractivity contribution >= 4 is 23.6 Å². The molecule has 0 unspecified atom stereocenters. The van der Waals surface area contributed by atoms with Crippen molar-refractivity contribution in [3.8, 4) is 0 Å². The lowest BCUT2D eigenvalue weighted by Gasteiger charge is -2.17. The van der Waals surface area contributed by atoms with Crippen LogP contribution in [0.5, 0.6) is 0 Å². The van der Waals surface area contributed by atoms with Crippen LogP contribution in [0.15, 0.2) is 41.6 Å². The molecule has 1 N–H and O–H groups in total. The second-order valence-corrected chi connectivity index (χ2v) is 6.23. The lowest BCUT2D eigenvalue weighted by molar-refractivity contribution is 0.0256. The number of hydrogen-bond acceptors (Lipinski definition) is 5. The Labute approximate surface area is 155 Å². The quantitative estimate of drug-likeness (QED) is 0.644. The zero-order chi connectivity index (χ0) is 19.6. The summed E-state index contributed by atoms with van der Waals surface area (Å²) in [6.45, 7) is 5.11. The van der Waals surface area contributed by atoms with Crippen LogP contribution in [-0.2, 0) is 0 Å². The van der Waals surface area contributed by atoms with Gasteiger partial charge in [-0.05, 0) is 25.1 Å². The van der Waals surface area contributed by atoms with Gasteiger partial charge in [0.25, 0.3) is 11.8 Å². The number of alkyl halides is 2. The van der Waals surface area contributed by atoms with Crippen LogP contribution in [-0.4, -0.2) is 52.8 Å². The Kier molecular flexibility index (Phi) is 5.02. The summed E-state index contributed by atoms with van der Waals surface area (Å²) in [5, 5.41) is 7.10. The molecule has 0 spiro atoms. The summed E-state index contributed by atoms with van der Waals surface area (Å²) in [7, 11) is 1.59. The van der Waals surface area contributed by atoms with Gasteiger partial charge in [-0.1, -0.05) is 12.7 Å². The van der Waals surface area contributed by atoms with E-state index in [0.29, 0.717) is 22.9 Å². The predicted octanol–water partition coefficient (Wildman–Crippen LogP) is 2.38. The van der Waals surface area contributed by atoms with Gasteiger partial charge < -0.3 is 10.2 Å². The summed E-state index contributed by atoms with van der Waals surface area (Å²) < 4.78 is 28.4. The number of rotatable bonds is 5. The smallest absolute Gasteiger partial charge is 0.276 e. The number of halogens is 2. The fourth-order valence-corrected chi connectivity index (χ4v) is 2.97. The Bertz CT molecular complexity index is 947. The molecule has 3 heterocycles. The fourth-order valence-electron chi connectivity index (χ4n) is 2.97. The number of aliphatic imine (C=N–C) groups is 1. The number of amides is 1. The van der Waals surface area contributed by atoms with Crippen LogP contribution >= 0.6 is 0 Å². The first-order valence-corrected chi connectivity index (χ1v) is 8.40. The Morgan fingerprint density at radius 3 is 2.85 bits per heavy atom. The highest BCUT2D eigenvalue weighted by Crippen LogP contribution is 2.30. The summed E-state index contributed by atoms with van der Waals surface area (Å²) >= 11 is 0. The molecule has 1 aliphatic heterocycles. The molecule has 0 radical (unpaired) electrons. The molecule has 142 valence electrons. The van der Waals surface area contributed by atoms with Crippen molar-refractivity contribution in [3.63, 3.8) is 0 Å². The second-order valence-electron chi connectivity index (χ2n) is 6.23. The number of carbonyl (C=O) groups excluding carboxylic acids is 1. The molecule has 7 nitrogen and oxygen atoms in total. The van der Waals surface area contributed by atoms with Gasteiger partial charge in [0.15, 0.2) is 11.3 Å². The Balaban J connectivity index is 1.96. The van der Waals surface area contributed by atoms with Gasteiger partial charge in [0.2, 0.25) is 0 Å². The van der Waals surface area contributed by atoms with E-state index in [1.165, 1.54) is 21.7 Å². The molecule has 0 aromatic carbocycles. The second kappa shape index (κ2) is 7.26. The molecule has 2 aromatic heterocycles. The van der Waals surface area contributed by atoms with E-state index < -0.39 is 11.8 Å². The maximum atomic E-state index is 13.5. The SMILES string of the molecule is C=C/C=C(\C=N/C)NC(=O)c1c(C)nc2ccc(N3CCC(F)(F)C3)nn12. The highest BCUT2D eigenvalue weighted by Gasteiger charge is 2.39. The zero-order valence-electron chi connectivity index (χ0n) is 15.1. The van der Waals surface area contributed by atoms with Gasteiger partial charge in [-0.15, -0.1) is 5.10 Å². The molecule has 1 fully saturated rings. The molecule has 0 bridgehead atoms. The van der Waals surface area contributed by atoms with E-state index in [2.05, 4.69) is 27.0 Å². The van der Waals surface area contributed by atoms with Gasteiger partial charge >= 0.3 is 0 Å². The van der Waals surface area contributed by atoms with E-state index in [4.69, 9.17) is 0 Å². The lowest BCUT2D eigenvalue weighted by atomic mass is 10.3. The van der Waals surface area contributed by atoms with Crippen LogP contribution in [0, 0.1) is 6.92 Å². The predicted molar refractivity (Wildman–Crippen MR) is 99.7 cm³/mol. The average Bonchev–Trinajstić information content (AvgIpc) is 3.13. The summed E-state index contributed by atoms with van der Waals surface area (Å²) in [6.07, 6.45) is 4.41. The number of imidazole rings is 1. The number of fused-ring (bicyclic) bond motifs is 1. The van der Waals surface area contributed by atoms with Crippen molar-refractivity contribution in [1.82, 2.24) is 19.9 Å². The monoisotopic (exact) mass is 374 g/mol. The molecule has 3 rings (SSSR count). The third-order valence-electron chi connectivity index (χ3n) is 4.17. The van der Waals surface area contributed by atoms with Crippen LogP contribution in [0.3, 0.4) is 0 Å². The molecule has 1 saturated heterocycles. The largest absolute Gasteiger partial charge is 0.349 e. The molecule has 0 atom stereocenters. The van der Waals surface area contributed by atoms with Crippen molar-refractivity contribution in [3.05, 3.63) is 47.9 Å². The first kappa shape index (κ1) is 18.7. The third-order valence-corrected chi connectivity index (χ3v) is 4.17. The summed E-state index contributed by atoms with van der Waals surface area (Å²) in [6, 6.07) is 3.30. The van der Waals surface area contributed by atoms with E-state index in [9.17, 15) is 13.6 Å². The van der Waals surface area contributed by atoms with Gasteiger partial charge in [0, 0.05) is 26.2 Å². The van der Waals surface area contributed by atoms with Gasteiger partial charge in [-0.2, -0.15) is 0 Å². The minimum absolute atomic E-state index is 0.208. The van der Waals surface area contributed by atoms with Crippen LogP contribution in [0.2, 0.25) is 0 Å². The van der Waals surface area contributed by atoms with E-state index in [-0.39, 0.29) is 25.2 Å². The summed E-state index contributed by atoms with van der Waals surface area (Å²) in [4.78, 5) is 22.5. The Hall–Kier alpha value is -3.10. The topological polar surface area (TPSA) is 74.9 Å². The summed E-state index contributed by atoms with van der Waals surface area (Å²) in [5.41, 5.74) is 1.64. The number of nitrogens with zero attached hydrogens (tertiary/aromatic N) is 5. The summed E-state index contributed by atoms with van der Waals surface area (Å²) in [5.74, 6) is -2.78. The van der Waals surface area contributed by atoms with E-state index in [0.717, 1.165) is 0 Å². The highest BCUT2D eigenvalue weighted by atomic mass is 19.3. The zero-order valence-corrected chi connectivity index (χ0v) is 15.1. The van der Waals surface area contributed by atoms with E-state index >= 15 is 0 Å². The van der Waals surface area contributed by atoms with Gasteiger partial charge in [-0.3, -0.25) is 9.79 Å². The van der Waals surface area contributed by atoms with Crippen LogP contribution in [0.25, 0.3) is 5.65 Å². The van der Waals surface area contributed by atoms with Gasteiger partial charge in [0.1, 0.15) is 5.82 Å². The first-order valence-electron chi connectivity index (χ1n) is 8.40. The number of carbonyl (C=O) groups is 1. The van der Waals surface area contributed by atoms with Crippen molar-refractivity contribution in [2.45, 2.75) is 19.3 Å². The molecule has 2 aromatic rings. The molecule has 0 aliphatic carbocycles. The number of allylic oxidation sites excluding steroid dienone is 3. The highest BCUT2D eigenvalue weighted by molar-refractivity contribution is 5.99. The minimum atomic E-state index is -2.73. The Morgan fingerprint density at radius 2 is 2.22 bits per heavy atom. The molecule has 0 saturated carbocycles. The number of hydrogen-bond donors (Lipinski definition) is 1. The van der Waals surface area contributed by atoms with Crippen LogP contribution < -0.4 is 10.2 Å². The standard InChI is InChI=1S/C18H20F2N6O/c1-4-5-13(10-21-3)23-17(27)16-12(2)22-14-6-7-15(24-26(14)16)25-9-8-18(19,20)11-25/h4-7,10H,1,8-9,11H2,2-3H3,(H,23,27)/b13-5+,21-10-. The number of anilines is 1. The van der Waals surface area contributed by atoms with E-state index in [1.807, 2.05) is 0 Å². The van der Waals surface area contributed by atoms with Gasteiger partial charge in [-0.25, -0.2) is 18.3 Å². The molecule has 1 amide bonds. The maximum absolute atomic E-state index is 13.5. The van der Waals surface area contributed by atoms with Crippen molar-refractivity contribution in [2.75, 3.05) is 25.0 Å². The lowest BCUT2D eigenvalue weighted by Crippen LogP contribution is -2.28. The minimum Gasteiger partial charge on any atom is -0.349 e. The third kappa shape index (κ3) is 3.86. The van der Waals surface area contributed by atoms with Crippen LogP contribution in [0.4, 0.5) is 14.6 Å². The fraction of sp³-hybridized carbons (Fsp3) is 0.333. The molecular formula is C18H20F2N6O. The molecular weight excluding hydrogens is 354 g/mol. The van der Waals surface area contributed by atoms with Crippen molar-refractivity contribution in [1.29, 1.82) is 0 Å². The van der Waals surface area contributed by atoms with Gasteiger partial charge in [0.05, 0.1) is 17.9 Å². The molecule has 1 aliphatic rings. The molecule has 27 heavy (non-hydrogen) atoms. The van der Waals surface area contributed by atoms with Crippen molar-refractivity contribution in [2.24, 2.45) is 4.99 Å². The van der Waals surface area contributed by atoms with E-state index in [1.54, 1.807) is 32.2 Å². The first-order chi connectivity index (χ1) is 12.8. The number of aryl methyl sites for hydroxylation is 1. The number of aromatic nitrogens is 3. The van der Waals surface area contributed by atoms with Crippen molar-refractivity contribution < 1.29 is 13.6 Å².